The number of benzene rings is 1. The maximum atomic E-state index is 13.9. The first-order chi connectivity index (χ1) is 11.8. The minimum absolute atomic E-state index is 0.140. The lowest BCUT2D eigenvalue weighted by molar-refractivity contribution is 0.196. The zero-order valence-corrected chi connectivity index (χ0v) is 14.1. The van der Waals surface area contributed by atoms with Gasteiger partial charge in [0.2, 0.25) is 0 Å². The van der Waals surface area contributed by atoms with Crippen molar-refractivity contribution in [2.45, 2.75) is 6.67 Å². The molecule has 0 radical (unpaired) electrons. The lowest BCUT2D eigenvalue weighted by Gasteiger charge is -2.36. The van der Waals surface area contributed by atoms with Crippen LogP contribution in [0.2, 0.25) is 0 Å². The number of piperazine rings is 1. The SMILES string of the molecule is Fc1ccccc1N1CCN(Cn2ccc(-c3ccsc3)n2)CC1. The van der Waals surface area contributed by atoms with Gasteiger partial charge in [0.15, 0.2) is 0 Å². The molecule has 0 aliphatic carbocycles. The van der Waals surface area contributed by atoms with Gasteiger partial charge in [0.05, 0.1) is 18.1 Å². The van der Waals surface area contributed by atoms with Crippen molar-refractivity contribution in [1.82, 2.24) is 14.7 Å². The predicted octanol–water partition coefficient (Wildman–Crippen LogP) is 3.53. The van der Waals surface area contributed by atoms with Crippen LogP contribution in [-0.2, 0) is 6.67 Å². The van der Waals surface area contributed by atoms with Crippen molar-refractivity contribution in [3.8, 4) is 11.3 Å². The average Bonchev–Trinajstić information content (AvgIpc) is 3.27. The highest BCUT2D eigenvalue weighted by atomic mass is 32.1. The molecule has 2 aromatic heterocycles. The number of rotatable bonds is 4. The summed E-state index contributed by atoms with van der Waals surface area (Å²) < 4.78 is 15.9. The molecule has 1 fully saturated rings. The second-order valence-electron chi connectivity index (χ2n) is 5.95. The Morgan fingerprint density at radius 2 is 1.88 bits per heavy atom. The van der Waals surface area contributed by atoms with Gasteiger partial charge in [-0.25, -0.2) is 4.39 Å². The van der Waals surface area contributed by atoms with E-state index < -0.39 is 0 Å². The highest BCUT2D eigenvalue weighted by molar-refractivity contribution is 7.08. The monoisotopic (exact) mass is 342 g/mol. The Hall–Kier alpha value is -2.18. The van der Waals surface area contributed by atoms with Crippen LogP contribution >= 0.6 is 11.3 Å². The number of hydrogen-bond donors (Lipinski definition) is 0. The Balaban J connectivity index is 1.36. The number of halogens is 1. The number of nitrogens with zero attached hydrogens (tertiary/aromatic N) is 4. The highest BCUT2D eigenvalue weighted by Crippen LogP contribution is 2.21. The van der Waals surface area contributed by atoms with Gasteiger partial charge in [-0.3, -0.25) is 9.58 Å². The summed E-state index contributed by atoms with van der Waals surface area (Å²) in [5, 5.41) is 8.82. The van der Waals surface area contributed by atoms with Gasteiger partial charge in [-0.15, -0.1) is 0 Å². The molecule has 6 heteroatoms. The molecule has 0 atom stereocenters. The summed E-state index contributed by atoms with van der Waals surface area (Å²) in [7, 11) is 0. The normalized spacial score (nSPS) is 15.8. The van der Waals surface area contributed by atoms with Crippen molar-refractivity contribution in [1.29, 1.82) is 0 Å². The first-order valence-corrected chi connectivity index (χ1v) is 9.02. The Kier molecular flexibility index (Phi) is 4.32. The maximum absolute atomic E-state index is 13.9. The lowest BCUT2D eigenvalue weighted by Crippen LogP contribution is -2.47. The molecule has 3 aromatic rings. The first-order valence-electron chi connectivity index (χ1n) is 8.07. The van der Waals surface area contributed by atoms with E-state index in [0.717, 1.165) is 38.5 Å². The van der Waals surface area contributed by atoms with Gasteiger partial charge < -0.3 is 4.90 Å². The van der Waals surface area contributed by atoms with Crippen LogP contribution in [-0.4, -0.2) is 40.9 Å². The van der Waals surface area contributed by atoms with Gasteiger partial charge in [-0.1, -0.05) is 12.1 Å². The minimum Gasteiger partial charge on any atom is -0.367 e. The van der Waals surface area contributed by atoms with Crippen LogP contribution < -0.4 is 4.90 Å². The van der Waals surface area contributed by atoms with Gasteiger partial charge in [0.25, 0.3) is 0 Å². The van der Waals surface area contributed by atoms with Crippen LogP contribution in [0.4, 0.5) is 10.1 Å². The molecule has 1 aliphatic heterocycles. The predicted molar refractivity (Wildman–Crippen MR) is 95.7 cm³/mol. The fourth-order valence-corrected chi connectivity index (χ4v) is 3.70. The molecule has 24 heavy (non-hydrogen) atoms. The van der Waals surface area contributed by atoms with Crippen molar-refractivity contribution in [2.75, 3.05) is 31.1 Å². The molecule has 4 rings (SSSR count). The lowest BCUT2D eigenvalue weighted by atomic mass is 10.2. The number of aromatic nitrogens is 2. The Labute approximate surface area is 144 Å². The van der Waals surface area contributed by atoms with E-state index in [1.54, 1.807) is 17.4 Å². The Bertz CT molecular complexity index is 791. The molecule has 1 saturated heterocycles. The standard InChI is InChI=1S/C18H19FN4S/c19-16-3-1-2-4-18(16)22-10-8-21(9-11-22)14-23-7-5-17(20-23)15-6-12-24-13-15/h1-7,12-13H,8-11,14H2. The van der Waals surface area contributed by atoms with E-state index in [-0.39, 0.29) is 5.82 Å². The average molecular weight is 342 g/mol. The number of hydrogen-bond acceptors (Lipinski definition) is 4. The fourth-order valence-electron chi connectivity index (χ4n) is 3.05. The molecule has 124 valence electrons. The molecule has 0 saturated carbocycles. The van der Waals surface area contributed by atoms with E-state index in [0.29, 0.717) is 5.69 Å². The van der Waals surface area contributed by atoms with Crippen LogP contribution in [0.1, 0.15) is 0 Å². The van der Waals surface area contributed by atoms with Crippen LogP contribution in [0.25, 0.3) is 11.3 Å². The third-order valence-corrected chi connectivity index (χ3v) is 5.05. The molecule has 3 heterocycles. The second kappa shape index (κ2) is 6.75. The van der Waals surface area contributed by atoms with Crippen molar-refractivity contribution in [3.63, 3.8) is 0 Å². The van der Waals surface area contributed by atoms with Gasteiger partial charge in [-0.2, -0.15) is 16.4 Å². The molecule has 0 spiro atoms. The number of para-hydroxylation sites is 1. The zero-order valence-electron chi connectivity index (χ0n) is 13.3. The summed E-state index contributed by atoms with van der Waals surface area (Å²) in [4.78, 5) is 4.47. The molecule has 0 amide bonds. The second-order valence-corrected chi connectivity index (χ2v) is 6.73. The van der Waals surface area contributed by atoms with Crippen molar-refractivity contribution >= 4 is 17.0 Å². The van der Waals surface area contributed by atoms with Crippen molar-refractivity contribution < 1.29 is 4.39 Å². The molecule has 1 aromatic carbocycles. The van der Waals surface area contributed by atoms with E-state index in [2.05, 4.69) is 37.8 Å². The minimum atomic E-state index is -0.140. The summed E-state index contributed by atoms with van der Waals surface area (Å²) >= 11 is 1.68. The third kappa shape index (κ3) is 3.20. The number of thiophene rings is 1. The quantitative estimate of drug-likeness (QED) is 0.725. The molecular formula is C18H19FN4S. The van der Waals surface area contributed by atoms with Crippen LogP contribution in [0.5, 0.6) is 0 Å². The van der Waals surface area contributed by atoms with E-state index in [9.17, 15) is 4.39 Å². The highest BCUT2D eigenvalue weighted by Gasteiger charge is 2.19. The largest absolute Gasteiger partial charge is 0.367 e. The van der Waals surface area contributed by atoms with Crippen molar-refractivity contribution in [3.05, 3.63) is 59.2 Å². The molecular weight excluding hydrogens is 323 g/mol. The third-order valence-electron chi connectivity index (χ3n) is 4.37. The summed E-state index contributed by atoms with van der Waals surface area (Å²) in [5.41, 5.74) is 2.89. The number of anilines is 1. The van der Waals surface area contributed by atoms with Crippen molar-refractivity contribution in [2.24, 2.45) is 0 Å². The topological polar surface area (TPSA) is 24.3 Å². The van der Waals surface area contributed by atoms with Crippen LogP contribution in [0.15, 0.2) is 53.4 Å². The van der Waals surface area contributed by atoms with E-state index in [1.807, 2.05) is 23.0 Å². The smallest absolute Gasteiger partial charge is 0.146 e. The maximum Gasteiger partial charge on any atom is 0.146 e. The fraction of sp³-hybridized carbons (Fsp3) is 0.278. The Morgan fingerprint density at radius 3 is 2.62 bits per heavy atom. The summed E-state index contributed by atoms with van der Waals surface area (Å²) in [6.07, 6.45) is 2.02. The van der Waals surface area contributed by atoms with E-state index >= 15 is 0 Å². The van der Waals surface area contributed by atoms with Crippen LogP contribution in [0.3, 0.4) is 0 Å². The summed E-state index contributed by atoms with van der Waals surface area (Å²) in [5.74, 6) is -0.140. The van der Waals surface area contributed by atoms with E-state index in [4.69, 9.17) is 0 Å². The van der Waals surface area contributed by atoms with Gasteiger partial charge in [-0.05, 0) is 29.6 Å². The van der Waals surface area contributed by atoms with Crippen LogP contribution in [0, 0.1) is 5.82 Å². The van der Waals surface area contributed by atoms with Gasteiger partial charge in [0.1, 0.15) is 5.82 Å². The Morgan fingerprint density at radius 1 is 1.04 bits per heavy atom. The zero-order chi connectivity index (χ0) is 16.4. The summed E-state index contributed by atoms with van der Waals surface area (Å²) in [6.45, 7) is 4.25. The summed E-state index contributed by atoms with van der Waals surface area (Å²) in [6, 6.07) is 11.1. The first kappa shape index (κ1) is 15.4. The van der Waals surface area contributed by atoms with Gasteiger partial charge in [0, 0.05) is 43.3 Å². The molecule has 0 unspecified atom stereocenters. The molecule has 4 nitrogen and oxygen atoms in total. The van der Waals surface area contributed by atoms with Gasteiger partial charge >= 0.3 is 0 Å². The van der Waals surface area contributed by atoms with E-state index in [1.165, 1.54) is 11.6 Å². The molecule has 1 aliphatic rings. The molecule has 0 bridgehead atoms. The molecule has 0 N–H and O–H groups in total.